The highest BCUT2D eigenvalue weighted by Crippen LogP contribution is 2.26. The van der Waals surface area contributed by atoms with E-state index < -0.39 is 0 Å². The Morgan fingerprint density at radius 3 is 1.69 bits per heavy atom. The van der Waals surface area contributed by atoms with Gasteiger partial charge in [0.15, 0.2) is 0 Å². The van der Waals surface area contributed by atoms with Gasteiger partial charge in [0, 0.05) is 26.5 Å². The number of carbonyl (C=O) groups excluding carboxylic acids is 4. The average molecular weight is 741 g/mol. The molecular weight excluding hydrogens is 701 g/mol. The molecule has 270 valence electrons. The first kappa shape index (κ1) is 37.9. The van der Waals surface area contributed by atoms with Crippen molar-refractivity contribution >= 4 is 63.5 Å². The van der Waals surface area contributed by atoms with Crippen LogP contribution in [0.4, 0.5) is 21.2 Å². The van der Waals surface area contributed by atoms with Crippen LogP contribution in [0.3, 0.4) is 0 Å². The third kappa shape index (κ3) is 11.3. The summed E-state index contributed by atoms with van der Waals surface area (Å²) in [6.07, 6.45) is 5.91. The zero-order valence-corrected chi connectivity index (χ0v) is 31.0. The lowest BCUT2D eigenvalue weighted by atomic mass is 10.1. The second-order valence-electron chi connectivity index (χ2n) is 12.1. The lowest BCUT2D eigenvalue weighted by Gasteiger charge is -2.18. The molecule has 0 aliphatic carbocycles. The molecule has 2 fully saturated rings. The molecule has 4 aromatic rings. The summed E-state index contributed by atoms with van der Waals surface area (Å²) < 4.78 is 11.5. The van der Waals surface area contributed by atoms with Crippen LogP contribution in [0.25, 0.3) is 6.08 Å². The molecule has 2 aliphatic heterocycles. The van der Waals surface area contributed by atoms with Crippen LogP contribution in [0.5, 0.6) is 11.5 Å². The first-order valence-corrected chi connectivity index (χ1v) is 18.2. The first-order valence-electron chi connectivity index (χ1n) is 16.5. The number of imide groups is 2. The van der Waals surface area contributed by atoms with E-state index in [2.05, 4.69) is 20.6 Å². The van der Waals surface area contributed by atoms with Gasteiger partial charge >= 0.3 is 0 Å². The Hall–Kier alpha value is -5.34. The number of hydrogen-bond donors (Lipinski definition) is 2. The number of nitrogens with zero attached hydrogens (tertiary/aromatic N) is 4. The number of hydrogen-bond acceptors (Lipinski definition) is 12. The van der Waals surface area contributed by atoms with Gasteiger partial charge in [-0.15, -0.1) is 0 Å². The van der Waals surface area contributed by atoms with Gasteiger partial charge in [-0.3, -0.25) is 29.8 Å². The van der Waals surface area contributed by atoms with Gasteiger partial charge in [0.2, 0.25) is 5.91 Å². The Kier molecular flexibility index (Phi) is 13.3. The summed E-state index contributed by atoms with van der Waals surface area (Å²) in [4.78, 5) is 58.8. The third-order valence-corrected chi connectivity index (χ3v) is 9.69. The van der Waals surface area contributed by atoms with E-state index in [1.165, 1.54) is 0 Å². The Labute approximate surface area is 311 Å². The van der Waals surface area contributed by atoms with Crippen LogP contribution in [0, 0.1) is 13.8 Å². The predicted octanol–water partition coefficient (Wildman–Crippen LogP) is 6.03. The van der Waals surface area contributed by atoms with E-state index in [0.29, 0.717) is 31.1 Å². The molecule has 2 aromatic heterocycles. The Morgan fingerprint density at radius 1 is 0.712 bits per heavy atom. The van der Waals surface area contributed by atoms with Crippen molar-refractivity contribution in [1.29, 1.82) is 0 Å². The summed E-state index contributed by atoms with van der Waals surface area (Å²) in [7, 11) is 3.96. The summed E-state index contributed by atoms with van der Waals surface area (Å²) in [5.74, 6) is 2.77. The zero-order chi connectivity index (χ0) is 37.0. The maximum Gasteiger partial charge on any atom is 0.290 e. The van der Waals surface area contributed by atoms with E-state index >= 15 is 0 Å². The normalized spacial score (nSPS) is 15.8. The molecule has 14 heteroatoms. The van der Waals surface area contributed by atoms with Crippen molar-refractivity contribution < 1.29 is 28.7 Å². The predicted molar refractivity (Wildman–Crippen MR) is 206 cm³/mol. The number of rotatable bonds is 13. The molecule has 0 bridgehead atoms. The second-order valence-corrected chi connectivity index (χ2v) is 14.3. The fraction of sp³-hybridized carbons (Fsp3) is 0.263. The highest BCUT2D eigenvalue weighted by molar-refractivity contribution is 8.18. The van der Waals surface area contributed by atoms with E-state index in [-0.39, 0.29) is 27.5 Å². The van der Waals surface area contributed by atoms with Crippen molar-refractivity contribution in [3.8, 4) is 11.5 Å². The Bertz CT molecular complexity index is 1890. The summed E-state index contributed by atoms with van der Waals surface area (Å²) >= 11 is 1.95. The summed E-state index contributed by atoms with van der Waals surface area (Å²) in [5.41, 5.74) is 4.11. The highest BCUT2D eigenvalue weighted by Gasteiger charge is 2.31. The first-order chi connectivity index (χ1) is 25.0. The van der Waals surface area contributed by atoms with Crippen LogP contribution >= 0.6 is 23.5 Å². The average Bonchev–Trinajstić information content (AvgIpc) is 3.63. The van der Waals surface area contributed by atoms with Crippen molar-refractivity contribution in [2.24, 2.45) is 0 Å². The van der Waals surface area contributed by atoms with Gasteiger partial charge in [-0.2, -0.15) is 0 Å². The number of carbonyl (C=O) groups is 4. The van der Waals surface area contributed by atoms with Gasteiger partial charge in [-0.1, -0.05) is 48.2 Å². The number of nitrogens with one attached hydrogen (secondary N) is 2. The van der Waals surface area contributed by atoms with E-state index in [9.17, 15) is 19.2 Å². The maximum atomic E-state index is 11.6. The van der Waals surface area contributed by atoms with E-state index in [1.807, 2.05) is 123 Å². The fourth-order valence-electron chi connectivity index (χ4n) is 4.90. The van der Waals surface area contributed by atoms with Crippen LogP contribution in [-0.4, -0.2) is 77.9 Å². The van der Waals surface area contributed by atoms with E-state index in [4.69, 9.17) is 9.47 Å². The molecule has 0 radical (unpaired) electrons. The van der Waals surface area contributed by atoms with Crippen LogP contribution in [0.1, 0.15) is 22.3 Å². The lowest BCUT2D eigenvalue weighted by molar-refractivity contribution is -0.119. The Morgan fingerprint density at radius 2 is 1.25 bits per heavy atom. The van der Waals surface area contributed by atoms with Gasteiger partial charge in [0.25, 0.3) is 16.4 Å². The van der Waals surface area contributed by atoms with Crippen molar-refractivity contribution in [2.45, 2.75) is 25.5 Å². The van der Waals surface area contributed by atoms with Gasteiger partial charge < -0.3 is 19.3 Å². The molecular formula is C38H40N6O6S2. The molecule has 2 saturated heterocycles. The van der Waals surface area contributed by atoms with Gasteiger partial charge in [-0.25, -0.2) is 9.97 Å². The zero-order valence-electron chi connectivity index (χ0n) is 29.3. The molecule has 12 nitrogen and oxygen atoms in total. The van der Waals surface area contributed by atoms with Crippen molar-refractivity contribution in [1.82, 2.24) is 20.6 Å². The Balaban J connectivity index is 0.000000201. The van der Waals surface area contributed by atoms with E-state index in [0.717, 1.165) is 75.5 Å². The van der Waals surface area contributed by atoms with Crippen molar-refractivity contribution in [2.75, 3.05) is 50.2 Å². The monoisotopic (exact) mass is 740 g/mol. The minimum absolute atomic E-state index is 0.215. The van der Waals surface area contributed by atoms with Crippen LogP contribution in [0.15, 0.2) is 90.1 Å². The van der Waals surface area contributed by atoms with Gasteiger partial charge in [-0.05, 0) is 96.8 Å². The molecule has 4 heterocycles. The molecule has 0 spiro atoms. The number of amides is 4. The smallest absolute Gasteiger partial charge is 0.290 e. The van der Waals surface area contributed by atoms with Gasteiger partial charge in [0.1, 0.15) is 36.3 Å². The largest absolute Gasteiger partial charge is 0.492 e. The lowest BCUT2D eigenvalue weighted by Crippen LogP contribution is -2.25. The standard InChI is InChI=1S/C19H21N3O3S.C19H19N3O3S/c2*1-13-3-8-17(20-12-13)22(2)9-10-25-15-6-4-14(5-7-15)11-16-18(23)21-19(24)26-16/h3-8,12,16H,9-11H2,1-2H3,(H,21,23,24);3-8,11-12H,9-10H2,1-2H3,(H,21,23,24)/b;16-11-. The third-order valence-electron chi connectivity index (χ3n) is 7.90. The number of ether oxygens (including phenoxy) is 2. The molecule has 2 N–H and O–H groups in total. The number of benzene rings is 2. The molecule has 2 aliphatic rings. The van der Waals surface area contributed by atoms with E-state index in [1.54, 1.807) is 6.08 Å². The molecule has 1 unspecified atom stereocenters. The summed E-state index contributed by atoms with van der Waals surface area (Å²) in [5, 5.41) is 3.59. The quantitative estimate of drug-likeness (QED) is 0.155. The number of thioether (sulfide) groups is 2. The second kappa shape index (κ2) is 18.2. The van der Waals surface area contributed by atoms with Crippen LogP contribution in [-0.2, 0) is 16.0 Å². The fourth-order valence-corrected chi connectivity index (χ4v) is 6.44. The summed E-state index contributed by atoms with van der Waals surface area (Å²) in [6.45, 7) is 6.52. The SMILES string of the molecule is Cc1ccc(N(C)CCOc2ccc(/C=C3\SC(=O)NC3=O)cc2)nc1.Cc1ccc(N(C)CCOc2ccc(CC3SC(=O)NC3=O)cc2)nc1. The van der Waals surface area contributed by atoms with Crippen molar-refractivity contribution in [3.63, 3.8) is 0 Å². The van der Waals surface area contributed by atoms with Crippen LogP contribution in [0.2, 0.25) is 0 Å². The summed E-state index contributed by atoms with van der Waals surface area (Å²) in [6, 6.07) is 23.1. The number of aryl methyl sites for hydroxylation is 2. The van der Waals surface area contributed by atoms with Crippen LogP contribution < -0.4 is 29.9 Å². The molecule has 6 rings (SSSR count). The van der Waals surface area contributed by atoms with Crippen molar-refractivity contribution in [3.05, 3.63) is 112 Å². The molecule has 4 amide bonds. The van der Waals surface area contributed by atoms with Gasteiger partial charge in [0.05, 0.1) is 23.2 Å². The molecule has 1 atom stereocenters. The topological polar surface area (TPSA) is 143 Å². The molecule has 0 saturated carbocycles. The minimum Gasteiger partial charge on any atom is -0.492 e. The maximum absolute atomic E-state index is 11.6. The minimum atomic E-state index is -0.354. The highest BCUT2D eigenvalue weighted by atomic mass is 32.2. The molecule has 52 heavy (non-hydrogen) atoms. The number of aromatic nitrogens is 2. The number of likely N-dealkylation sites (N-methyl/N-ethyl adjacent to an activating group) is 2. The molecule has 2 aromatic carbocycles. The number of anilines is 2. The number of pyridine rings is 2.